The lowest BCUT2D eigenvalue weighted by Crippen LogP contribution is -2.50. The van der Waals surface area contributed by atoms with Crippen molar-refractivity contribution in [2.75, 3.05) is 64.3 Å². The Bertz CT molecular complexity index is 755. The van der Waals surface area contributed by atoms with Crippen LogP contribution in [0.3, 0.4) is 0 Å². The van der Waals surface area contributed by atoms with Gasteiger partial charge in [-0.25, -0.2) is 4.79 Å². The molecule has 8 nitrogen and oxygen atoms in total. The number of anilines is 1. The number of hydrogen-bond acceptors (Lipinski definition) is 5. The average Bonchev–Trinajstić information content (AvgIpc) is 2.78. The lowest BCUT2D eigenvalue weighted by Gasteiger charge is -2.34. The maximum absolute atomic E-state index is 12.5. The molecule has 0 aromatic heterocycles. The van der Waals surface area contributed by atoms with E-state index >= 15 is 0 Å². The predicted molar refractivity (Wildman–Crippen MR) is 131 cm³/mol. The maximum Gasteiger partial charge on any atom is 0.319 e. The Hall–Kier alpha value is -2.16. The van der Waals surface area contributed by atoms with E-state index in [0.717, 1.165) is 63.4 Å². The molecule has 1 aromatic rings. The Morgan fingerprint density at radius 3 is 2.61 bits per heavy atom. The van der Waals surface area contributed by atoms with Crippen LogP contribution < -0.4 is 16.0 Å². The van der Waals surface area contributed by atoms with Gasteiger partial charge in [-0.2, -0.15) is 0 Å². The molecular formula is C25H41N5O3. The van der Waals surface area contributed by atoms with Gasteiger partial charge in [-0.3, -0.25) is 14.6 Å². The van der Waals surface area contributed by atoms with Crippen molar-refractivity contribution < 1.29 is 14.3 Å². The number of hydrogen-bond donors (Lipinski definition) is 3. The second kappa shape index (κ2) is 12.9. The Morgan fingerprint density at radius 2 is 1.85 bits per heavy atom. The van der Waals surface area contributed by atoms with Gasteiger partial charge in [0.15, 0.2) is 0 Å². The average molecular weight is 460 g/mol. The van der Waals surface area contributed by atoms with E-state index in [9.17, 15) is 9.59 Å². The molecule has 2 aliphatic rings. The molecule has 2 fully saturated rings. The molecule has 0 radical (unpaired) electrons. The summed E-state index contributed by atoms with van der Waals surface area (Å²) in [5, 5.41) is 8.90. The van der Waals surface area contributed by atoms with Gasteiger partial charge in [-0.15, -0.1) is 0 Å². The van der Waals surface area contributed by atoms with Crippen LogP contribution in [0.1, 0.15) is 32.3 Å². The van der Waals surface area contributed by atoms with E-state index in [4.69, 9.17) is 4.74 Å². The molecular weight excluding hydrogens is 418 g/mol. The van der Waals surface area contributed by atoms with Crippen LogP contribution in [0.15, 0.2) is 24.3 Å². The molecule has 8 heteroatoms. The van der Waals surface area contributed by atoms with Crippen LogP contribution in [-0.2, 0) is 9.53 Å². The van der Waals surface area contributed by atoms with Crippen molar-refractivity contribution in [1.29, 1.82) is 0 Å². The summed E-state index contributed by atoms with van der Waals surface area (Å²) in [6.45, 7) is 13.4. The molecule has 184 valence electrons. The number of nitrogens with one attached hydrogen (secondary N) is 3. The van der Waals surface area contributed by atoms with E-state index in [2.05, 4.69) is 39.6 Å². The fourth-order valence-corrected chi connectivity index (χ4v) is 4.58. The van der Waals surface area contributed by atoms with Crippen LogP contribution in [0, 0.1) is 18.8 Å². The number of piperidine rings is 1. The molecule has 0 bridgehead atoms. The number of carbonyl (C=O) groups is 2. The quantitative estimate of drug-likeness (QED) is 0.528. The van der Waals surface area contributed by atoms with Crippen LogP contribution in [0.25, 0.3) is 0 Å². The van der Waals surface area contributed by atoms with Gasteiger partial charge in [-0.1, -0.05) is 31.5 Å². The van der Waals surface area contributed by atoms with E-state index in [1.54, 1.807) is 0 Å². The van der Waals surface area contributed by atoms with Crippen LogP contribution in [0.4, 0.5) is 10.5 Å². The van der Waals surface area contributed by atoms with Crippen molar-refractivity contribution in [2.45, 2.75) is 39.7 Å². The van der Waals surface area contributed by atoms with Gasteiger partial charge in [0.25, 0.3) is 0 Å². The number of likely N-dealkylation sites (tertiary alicyclic amines) is 1. The Kier molecular flexibility index (Phi) is 9.96. The second-order valence-electron chi connectivity index (χ2n) is 9.89. The summed E-state index contributed by atoms with van der Waals surface area (Å²) in [5.41, 5.74) is 1.95. The van der Waals surface area contributed by atoms with Gasteiger partial charge < -0.3 is 20.7 Å². The van der Waals surface area contributed by atoms with Crippen molar-refractivity contribution >= 4 is 17.6 Å². The van der Waals surface area contributed by atoms with Crippen molar-refractivity contribution in [3.63, 3.8) is 0 Å². The molecule has 1 aromatic carbocycles. The first-order valence-electron chi connectivity index (χ1n) is 12.3. The number of urea groups is 1. The van der Waals surface area contributed by atoms with Crippen LogP contribution >= 0.6 is 0 Å². The third kappa shape index (κ3) is 9.31. The summed E-state index contributed by atoms with van der Waals surface area (Å²) in [7, 11) is 0. The van der Waals surface area contributed by atoms with E-state index < -0.39 is 0 Å². The monoisotopic (exact) mass is 459 g/mol. The largest absolute Gasteiger partial charge is 0.374 e. The SMILES string of the molecule is Cc1ccc(NC(=O)NC[C@@H]2CCCN(CC(=O)NC[C@@H]3CN(CC(C)C)CCO3)C2)cc1. The third-order valence-electron chi connectivity index (χ3n) is 6.20. The van der Waals surface area contributed by atoms with Gasteiger partial charge in [0.2, 0.25) is 5.91 Å². The molecule has 2 aliphatic heterocycles. The van der Waals surface area contributed by atoms with Crippen molar-refractivity contribution in [3.05, 3.63) is 29.8 Å². The number of nitrogens with zero attached hydrogens (tertiary/aromatic N) is 2. The molecule has 3 amide bonds. The first kappa shape index (κ1) is 25.5. The molecule has 3 N–H and O–H groups in total. The van der Waals surface area contributed by atoms with Crippen molar-refractivity contribution in [2.24, 2.45) is 11.8 Å². The zero-order valence-corrected chi connectivity index (χ0v) is 20.4. The van der Waals surface area contributed by atoms with Crippen LogP contribution in [0.2, 0.25) is 0 Å². The minimum atomic E-state index is -0.187. The van der Waals surface area contributed by atoms with E-state index in [0.29, 0.717) is 31.5 Å². The zero-order chi connectivity index (χ0) is 23.6. The predicted octanol–water partition coefficient (Wildman–Crippen LogP) is 2.30. The van der Waals surface area contributed by atoms with E-state index in [-0.39, 0.29) is 18.0 Å². The number of benzene rings is 1. The Balaban J connectivity index is 1.33. The van der Waals surface area contributed by atoms with Gasteiger partial charge >= 0.3 is 6.03 Å². The maximum atomic E-state index is 12.5. The highest BCUT2D eigenvalue weighted by atomic mass is 16.5. The normalized spacial score (nSPS) is 22.2. The minimum absolute atomic E-state index is 0.0466. The van der Waals surface area contributed by atoms with Gasteiger partial charge in [0.1, 0.15) is 0 Å². The summed E-state index contributed by atoms with van der Waals surface area (Å²) in [6.07, 6.45) is 2.16. The van der Waals surface area contributed by atoms with Gasteiger partial charge in [0, 0.05) is 45.0 Å². The molecule has 0 unspecified atom stereocenters. The topological polar surface area (TPSA) is 85.9 Å². The van der Waals surface area contributed by atoms with Crippen LogP contribution in [0.5, 0.6) is 0 Å². The molecule has 2 saturated heterocycles. The third-order valence-corrected chi connectivity index (χ3v) is 6.20. The fraction of sp³-hybridized carbons (Fsp3) is 0.680. The standard InChI is InChI=1S/C25H41N5O3/c1-19(2)15-30-11-12-33-23(17-30)14-26-24(31)18-29-10-4-5-21(16-29)13-27-25(32)28-22-8-6-20(3)7-9-22/h6-9,19,21,23H,4-5,10-18H2,1-3H3,(H,26,31)(H2,27,28,32)/t21-,23+/m0/s1. The number of rotatable bonds is 9. The summed E-state index contributed by atoms with van der Waals surface area (Å²) in [5.74, 6) is 1.03. The molecule has 33 heavy (non-hydrogen) atoms. The van der Waals surface area contributed by atoms with Crippen molar-refractivity contribution in [1.82, 2.24) is 20.4 Å². The summed E-state index contributed by atoms with van der Waals surface area (Å²) < 4.78 is 5.83. The lowest BCUT2D eigenvalue weighted by atomic mass is 9.98. The van der Waals surface area contributed by atoms with Crippen molar-refractivity contribution in [3.8, 4) is 0 Å². The van der Waals surface area contributed by atoms with Gasteiger partial charge in [0.05, 0.1) is 19.3 Å². The molecule has 0 spiro atoms. The summed E-state index contributed by atoms with van der Waals surface area (Å²) in [4.78, 5) is 29.3. The highest BCUT2D eigenvalue weighted by Gasteiger charge is 2.24. The second-order valence-corrected chi connectivity index (χ2v) is 9.89. The fourth-order valence-electron chi connectivity index (χ4n) is 4.58. The molecule has 0 saturated carbocycles. The highest BCUT2D eigenvalue weighted by Crippen LogP contribution is 2.16. The minimum Gasteiger partial charge on any atom is -0.374 e. The van der Waals surface area contributed by atoms with E-state index in [1.165, 1.54) is 0 Å². The van der Waals surface area contributed by atoms with Crippen LogP contribution in [-0.4, -0.2) is 86.8 Å². The Morgan fingerprint density at radius 1 is 1.06 bits per heavy atom. The first-order chi connectivity index (χ1) is 15.9. The first-order valence-corrected chi connectivity index (χ1v) is 12.3. The molecule has 3 rings (SSSR count). The highest BCUT2D eigenvalue weighted by molar-refractivity contribution is 5.89. The summed E-state index contributed by atoms with van der Waals surface area (Å²) >= 11 is 0. The zero-order valence-electron chi connectivity index (χ0n) is 20.4. The number of ether oxygens (including phenoxy) is 1. The molecule has 2 heterocycles. The molecule has 0 aliphatic carbocycles. The number of morpholine rings is 1. The van der Waals surface area contributed by atoms with Gasteiger partial charge in [-0.05, 0) is 50.3 Å². The smallest absolute Gasteiger partial charge is 0.319 e. The summed E-state index contributed by atoms with van der Waals surface area (Å²) in [6, 6.07) is 7.56. The Labute approximate surface area is 198 Å². The van der Waals surface area contributed by atoms with E-state index in [1.807, 2.05) is 31.2 Å². The lowest BCUT2D eigenvalue weighted by molar-refractivity contribution is -0.123. The molecule has 2 atom stereocenters. The number of amides is 3. The number of carbonyl (C=O) groups excluding carboxylic acids is 2. The number of aryl methyl sites for hydroxylation is 1.